The van der Waals surface area contributed by atoms with Crippen molar-refractivity contribution in [2.24, 2.45) is 7.05 Å². The third-order valence-electron chi connectivity index (χ3n) is 5.75. The molecule has 2 aromatic carbocycles. The molecular formula is C22H22N6O3S. The highest BCUT2D eigenvalue weighted by Crippen LogP contribution is 2.24. The summed E-state index contributed by atoms with van der Waals surface area (Å²) in [6.07, 6.45) is 3.53. The Hall–Kier alpha value is -3.66. The van der Waals surface area contributed by atoms with Crippen molar-refractivity contribution in [1.29, 1.82) is 0 Å². The number of hydrogen-bond acceptors (Lipinski definition) is 7. The van der Waals surface area contributed by atoms with Crippen molar-refractivity contribution < 1.29 is 8.42 Å². The van der Waals surface area contributed by atoms with Crippen LogP contribution in [0.5, 0.6) is 0 Å². The van der Waals surface area contributed by atoms with Gasteiger partial charge in [-0.1, -0.05) is 6.07 Å². The third-order valence-corrected chi connectivity index (χ3v) is 7.36. The van der Waals surface area contributed by atoms with E-state index in [0.717, 1.165) is 28.0 Å². The summed E-state index contributed by atoms with van der Waals surface area (Å²) in [7, 11) is -1.19. The molecule has 0 bridgehead atoms. The lowest BCUT2D eigenvalue weighted by atomic mass is 10.1. The number of anilines is 3. The molecular weight excluding hydrogens is 428 g/mol. The van der Waals surface area contributed by atoms with E-state index in [9.17, 15) is 13.2 Å². The number of aryl methyl sites for hydroxylation is 1. The van der Waals surface area contributed by atoms with Crippen molar-refractivity contribution in [2.75, 3.05) is 34.8 Å². The molecule has 0 amide bonds. The van der Waals surface area contributed by atoms with Gasteiger partial charge in [0.05, 0.1) is 28.7 Å². The molecule has 164 valence electrons. The average molecular weight is 451 g/mol. The highest BCUT2D eigenvalue weighted by atomic mass is 32.2. The molecule has 32 heavy (non-hydrogen) atoms. The van der Waals surface area contributed by atoms with Crippen LogP contribution in [0, 0.1) is 0 Å². The Balaban J connectivity index is 1.40. The minimum Gasteiger partial charge on any atom is -0.369 e. The van der Waals surface area contributed by atoms with Gasteiger partial charge in [0.2, 0.25) is 0 Å². The van der Waals surface area contributed by atoms with Crippen LogP contribution in [-0.2, 0) is 16.9 Å². The fraction of sp³-hybridized carbons (Fsp3) is 0.227. The molecule has 4 aromatic rings. The number of aromatic nitrogens is 4. The van der Waals surface area contributed by atoms with E-state index in [4.69, 9.17) is 0 Å². The monoisotopic (exact) mass is 450 g/mol. The molecule has 0 radical (unpaired) electrons. The Morgan fingerprint density at radius 1 is 1.03 bits per heavy atom. The third kappa shape index (κ3) is 3.84. The lowest BCUT2D eigenvalue weighted by molar-refractivity contribution is 0.587. The van der Waals surface area contributed by atoms with Crippen LogP contribution in [-0.4, -0.2) is 52.8 Å². The largest absolute Gasteiger partial charge is 0.369 e. The van der Waals surface area contributed by atoms with Gasteiger partial charge in [-0.3, -0.25) is 9.89 Å². The van der Waals surface area contributed by atoms with E-state index in [0.29, 0.717) is 18.6 Å². The van der Waals surface area contributed by atoms with E-state index in [1.165, 1.54) is 0 Å². The molecule has 5 rings (SSSR count). The van der Waals surface area contributed by atoms with Gasteiger partial charge in [-0.25, -0.2) is 13.4 Å². The zero-order valence-electron chi connectivity index (χ0n) is 17.4. The standard InChI is InChI=1S/C22H22N6O3S/c1-27-20-12-15(16-13-23-24-14-16)2-7-19(20)26-21(22(27)29)25-17-3-5-18(6-4-17)28-8-10-32(30,31)11-9-28/h2-7,12-14H,8-11H2,1H3,(H,23,24)(H,25,26). The van der Waals surface area contributed by atoms with Gasteiger partial charge in [0.25, 0.3) is 5.56 Å². The first-order valence-electron chi connectivity index (χ1n) is 10.2. The van der Waals surface area contributed by atoms with E-state index >= 15 is 0 Å². The van der Waals surface area contributed by atoms with E-state index in [2.05, 4.69) is 25.4 Å². The molecule has 2 N–H and O–H groups in total. The maximum Gasteiger partial charge on any atom is 0.293 e. The zero-order chi connectivity index (χ0) is 22.3. The first-order valence-corrected chi connectivity index (χ1v) is 12.0. The zero-order valence-corrected chi connectivity index (χ0v) is 18.3. The van der Waals surface area contributed by atoms with Crippen LogP contribution < -0.4 is 15.8 Å². The predicted molar refractivity (Wildman–Crippen MR) is 125 cm³/mol. The predicted octanol–water partition coefficient (Wildman–Crippen LogP) is 2.30. The second-order valence-corrected chi connectivity index (χ2v) is 10.1. The minimum atomic E-state index is -2.92. The fourth-order valence-corrected chi connectivity index (χ4v) is 5.06. The highest BCUT2D eigenvalue weighted by molar-refractivity contribution is 7.91. The van der Waals surface area contributed by atoms with Crippen molar-refractivity contribution in [3.8, 4) is 11.1 Å². The average Bonchev–Trinajstić information content (AvgIpc) is 3.33. The summed E-state index contributed by atoms with van der Waals surface area (Å²) < 4.78 is 24.9. The lowest BCUT2D eigenvalue weighted by Crippen LogP contribution is -2.40. The highest BCUT2D eigenvalue weighted by Gasteiger charge is 2.21. The van der Waals surface area contributed by atoms with Crippen LogP contribution >= 0.6 is 0 Å². The van der Waals surface area contributed by atoms with Crippen LogP contribution in [0.2, 0.25) is 0 Å². The van der Waals surface area contributed by atoms with E-state index < -0.39 is 9.84 Å². The number of fused-ring (bicyclic) bond motifs is 1. The topological polar surface area (TPSA) is 113 Å². The smallest absolute Gasteiger partial charge is 0.293 e. The van der Waals surface area contributed by atoms with Crippen molar-refractivity contribution in [2.45, 2.75) is 0 Å². The molecule has 1 fully saturated rings. The molecule has 10 heteroatoms. The molecule has 0 aliphatic carbocycles. The van der Waals surface area contributed by atoms with Crippen LogP contribution in [0.25, 0.3) is 22.2 Å². The maximum absolute atomic E-state index is 12.9. The first-order chi connectivity index (χ1) is 15.4. The number of hydrogen-bond donors (Lipinski definition) is 2. The normalized spacial score (nSPS) is 15.7. The molecule has 1 aliphatic heterocycles. The summed E-state index contributed by atoms with van der Waals surface area (Å²) in [6, 6.07) is 13.3. The quantitative estimate of drug-likeness (QED) is 0.490. The second kappa shape index (κ2) is 7.79. The van der Waals surface area contributed by atoms with E-state index in [1.54, 1.807) is 24.0 Å². The van der Waals surface area contributed by atoms with Crippen LogP contribution in [0.3, 0.4) is 0 Å². The molecule has 9 nitrogen and oxygen atoms in total. The number of aromatic amines is 1. The summed E-state index contributed by atoms with van der Waals surface area (Å²) in [6.45, 7) is 0.978. The van der Waals surface area contributed by atoms with Crippen molar-refractivity contribution >= 4 is 38.1 Å². The summed E-state index contributed by atoms with van der Waals surface area (Å²) in [5.74, 6) is 0.589. The SMILES string of the molecule is Cn1c(=O)c(Nc2ccc(N3CCS(=O)(=O)CC3)cc2)nc2ccc(-c3cn[nH]c3)cc21. The number of sulfone groups is 1. The van der Waals surface area contributed by atoms with E-state index in [1.807, 2.05) is 42.5 Å². The van der Waals surface area contributed by atoms with Crippen molar-refractivity contribution in [3.05, 3.63) is 65.2 Å². The molecule has 1 saturated heterocycles. The molecule has 3 heterocycles. The van der Waals surface area contributed by atoms with Gasteiger partial charge in [-0.2, -0.15) is 5.10 Å². The molecule has 1 aliphatic rings. The maximum atomic E-state index is 12.9. The van der Waals surface area contributed by atoms with Gasteiger partial charge in [0, 0.05) is 43.3 Å². The van der Waals surface area contributed by atoms with Gasteiger partial charge >= 0.3 is 0 Å². The van der Waals surface area contributed by atoms with Gasteiger partial charge in [-0.05, 0) is 42.0 Å². The Morgan fingerprint density at radius 3 is 2.47 bits per heavy atom. The van der Waals surface area contributed by atoms with Gasteiger partial charge < -0.3 is 14.8 Å². The van der Waals surface area contributed by atoms with Crippen LogP contribution in [0.15, 0.2) is 59.7 Å². The van der Waals surface area contributed by atoms with Crippen LogP contribution in [0.4, 0.5) is 17.2 Å². The minimum absolute atomic E-state index is 0.173. The summed E-state index contributed by atoms with van der Waals surface area (Å²) in [5.41, 5.74) is 4.78. The first kappa shape index (κ1) is 20.3. The number of benzene rings is 2. The lowest BCUT2D eigenvalue weighted by Gasteiger charge is -2.28. The summed E-state index contributed by atoms with van der Waals surface area (Å²) in [4.78, 5) is 19.5. The molecule has 0 atom stereocenters. The fourth-order valence-electron chi connectivity index (χ4n) is 3.86. The number of H-pyrrole nitrogens is 1. The molecule has 0 saturated carbocycles. The number of nitrogens with zero attached hydrogens (tertiary/aromatic N) is 4. The van der Waals surface area contributed by atoms with Crippen molar-refractivity contribution in [1.82, 2.24) is 19.7 Å². The Morgan fingerprint density at radius 2 is 1.78 bits per heavy atom. The Kier molecular flexibility index (Phi) is 4.93. The Labute approximate surface area is 184 Å². The molecule has 0 spiro atoms. The number of nitrogens with one attached hydrogen (secondary N) is 2. The Bertz CT molecular complexity index is 1430. The molecule has 0 unspecified atom stereocenters. The van der Waals surface area contributed by atoms with Crippen molar-refractivity contribution in [3.63, 3.8) is 0 Å². The van der Waals surface area contributed by atoms with Gasteiger partial charge in [-0.15, -0.1) is 0 Å². The van der Waals surface area contributed by atoms with E-state index in [-0.39, 0.29) is 22.9 Å². The van der Waals surface area contributed by atoms with Gasteiger partial charge in [0.15, 0.2) is 15.7 Å². The summed E-state index contributed by atoms with van der Waals surface area (Å²) >= 11 is 0. The number of rotatable bonds is 4. The van der Waals surface area contributed by atoms with Gasteiger partial charge in [0.1, 0.15) is 0 Å². The summed E-state index contributed by atoms with van der Waals surface area (Å²) in [5, 5.41) is 9.88. The van der Waals surface area contributed by atoms with Crippen LogP contribution in [0.1, 0.15) is 0 Å². The second-order valence-electron chi connectivity index (χ2n) is 7.83. The molecule has 2 aromatic heterocycles.